The Bertz CT molecular complexity index is 1260. The summed E-state index contributed by atoms with van der Waals surface area (Å²) >= 11 is 1.07. The van der Waals surface area contributed by atoms with Crippen LogP contribution in [0.4, 0.5) is 0 Å². The molecule has 21 heteroatoms. The van der Waals surface area contributed by atoms with Crippen molar-refractivity contribution in [3.05, 3.63) is 31.6 Å². The number of H-pyrrole nitrogens is 1. The third kappa shape index (κ3) is 5.70. The number of phosphoric ester groups is 1. The van der Waals surface area contributed by atoms with Gasteiger partial charge in [0.15, 0.2) is 6.23 Å². The molecule has 1 aliphatic heterocycles. The van der Waals surface area contributed by atoms with Gasteiger partial charge in [0.2, 0.25) is 0 Å². The average Bonchev–Trinajstić information content (AvgIpc) is 3.18. The molecular formula is C11H15N2O15P3S. The minimum atomic E-state index is -5.75. The maximum Gasteiger partial charge on any atom is 0.490 e. The molecule has 0 radical (unpaired) electrons. The molecule has 6 unspecified atom stereocenters. The van der Waals surface area contributed by atoms with Crippen LogP contribution in [0.15, 0.2) is 20.3 Å². The van der Waals surface area contributed by atoms with Gasteiger partial charge in [0, 0.05) is 10.8 Å². The summed E-state index contributed by atoms with van der Waals surface area (Å²) in [5, 5.41) is 23.4. The smallest absolute Gasteiger partial charge is 0.387 e. The van der Waals surface area contributed by atoms with Crippen LogP contribution in [0.5, 0.6) is 0 Å². The van der Waals surface area contributed by atoms with Crippen LogP contribution in [0.25, 0.3) is 10.9 Å². The van der Waals surface area contributed by atoms with Crippen LogP contribution < -0.4 is 11.2 Å². The zero-order valence-electron chi connectivity index (χ0n) is 15.2. The summed E-state index contributed by atoms with van der Waals surface area (Å²) in [6, 6.07) is 0. The summed E-state index contributed by atoms with van der Waals surface area (Å²) in [6.07, 6.45) is -6.75. The van der Waals surface area contributed by atoms with E-state index in [9.17, 15) is 38.4 Å². The lowest BCUT2D eigenvalue weighted by atomic mass is 10.1. The van der Waals surface area contributed by atoms with Crippen LogP contribution in [0.3, 0.4) is 0 Å². The number of phosphoric acid groups is 3. The number of thiophene rings is 1. The summed E-state index contributed by atoms with van der Waals surface area (Å²) < 4.78 is 51.4. The standard InChI is InChI=1S/C11H15N2O15P3S/c14-7-6(1-25-30(21,22)28-31(23,24)27-29(18,19)20)26-10(8(7)15)13-5-3-32-2-4(5)9(16)12-11(13)17/h2-3,6-8,10,14-15H,1H2,(H,21,22)(H,23,24)(H,12,16,17)(H2,18,19,20). The maximum absolute atomic E-state index is 12.3. The number of aromatic nitrogens is 2. The molecule has 1 fully saturated rings. The third-order valence-electron chi connectivity index (χ3n) is 3.99. The quantitative estimate of drug-likeness (QED) is 0.192. The lowest BCUT2D eigenvalue weighted by Crippen LogP contribution is -2.38. The number of fused-ring (bicyclic) bond motifs is 1. The Hall–Kier alpha value is -1.07. The third-order valence-corrected chi connectivity index (χ3v) is 8.53. The normalized spacial score (nSPS) is 27.9. The molecule has 0 aliphatic carbocycles. The lowest BCUT2D eigenvalue weighted by molar-refractivity contribution is -0.0519. The number of aliphatic hydroxyl groups excluding tert-OH is 2. The number of rotatable bonds is 8. The predicted octanol–water partition coefficient (Wildman–Crippen LogP) is -1.29. The van der Waals surface area contributed by atoms with E-state index in [2.05, 4.69) is 13.1 Å². The van der Waals surface area contributed by atoms with E-state index in [1.807, 2.05) is 4.98 Å². The van der Waals surface area contributed by atoms with Gasteiger partial charge in [-0.05, 0) is 0 Å². The van der Waals surface area contributed by atoms with Crippen molar-refractivity contribution < 1.29 is 61.4 Å². The van der Waals surface area contributed by atoms with Crippen molar-refractivity contribution in [2.75, 3.05) is 6.61 Å². The second kappa shape index (κ2) is 8.94. The highest BCUT2D eigenvalue weighted by Crippen LogP contribution is 2.66. The summed E-state index contributed by atoms with van der Waals surface area (Å²) in [5.74, 6) is 0. The van der Waals surface area contributed by atoms with Crippen LogP contribution in [0, 0.1) is 0 Å². The molecule has 17 nitrogen and oxygen atoms in total. The minimum Gasteiger partial charge on any atom is -0.387 e. The molecule has 1 saturated heterocycles. The first kappa shape index (κ1) is 25.6. The van der Waals surface area contributed by atoms with E-state index in [-0.39, 0.29) is 10.9 Å². The van der Waals surface area contributed by atoms with Crippen LogP contribution in [0.2, 0.25) is 0 Å². The lowest BCUT2D eigenvalue weighted by Gasteiger charge is -2.19. The Morgan fingerprint density at radius 2 is 1.69 bits per heavy atom. The number of ether oxygens (including phenoxy) is 1. The number of hydrogen-bond acceptors (Lipinski definition) is 12. The van der Waals surface area contributed by atoms with Gasteiger partial charge in [0.05, 0.1) is 17.5 Å². The van der Waals surface area contributed by atoms with Gasteiger partial charge >= 0.3 is 29.2 Å². The molecule has 1 aliphatic rings. The van der Waals surface area contributed by atoms with E-state index in [0.29, 0.717) is 0 Å². The SMILES string of the molecule is O=c1[nH]c(=O)n(C2OC(COP(=O)(O)OP(=O)(O)OP(=O)(O)O)C(O)C2O)c2cscc12. The minimum absolute atomic E-state index is 0.0773. The number of aliphatic hydroxyl groups is 2. The van der Waals surface area contributed by atoms with Crippen LogP contribution in [-0.4, -0.2) is 64.3 Å². The molecule has 32 heavy (non-hydrogen) atoms. The van der Waals surface area contributed by atoms with E-state index in [0.717, 1.165) is 15.9 Å². The first-order chi connectivity index (χ1) is 14.6. The Morgan fingerprint density at radius 3 is 2.31 bits per heavy atom. The Morgan fingerprint density at radius 1 is 1.03 bits per heavy atom. The van der Waals surface area contributed by atoms with Gasteiger partial charge in [-0.25, -0.2) is 18.5 Å². The molecular weight excluding hydrogens is 525 g/mol. The molecule has 0 aromatic carbocycles. The van der Waals surface area contributed by atoms with Gasteiger partial charge in [-0.15, -0.1) is 11.3 Å². The van der Waals surface area contributed by atoms with Crippen molar-refractivity contribution in [2.45, 2.75) is 24.5 Å². The van der Waals surface area contributed by atoms with Crippen molar-refractivity contribution in [3.8, 4) is 0 Å². The van der Waals surface area contributed by atoms with Crippen LogP contribution in [0.1, 0.15) is 6.23 Å². The van der Waals surface area contributed by atoms with E-state index in [1.54, 1.807) is 0 Å². The van der Waals surface area contributed by atoms with Crippen molar-refractivity contribution in [2.24, 2.45) is 0 Å². The fraction of sp³-hybridized carbons (Fsp3) is 0.455. The van der Waals surface area contributed by atoms with E-state index in [1.165, 1.54) is 10.8 Å². The molecule has 3 heterocycles. The van der Waals surface area contributed by atoms with Gasteiger partial charge in [-0.3, -0.25) is 18.9 Å². The summed E-state index contributed by atoms with van der Waals surface area (Å²) in [4.78, 5) is 61.7. The zero-order valence-corrected chi connectivity index (χ0v) is 18.7. The van der Waals surface area contributed by atoms with Gasteiger partial charge < -0.3 is 34.5 Å². The average molecular weight is 540 g/mol. The largest absolute Gasteiger partial charge is 0.490 e. The number of hydrogen-bond donors (Lipinski definition) is 7. The second-order valence-electron chi connectivity index (χ2n) is 6.23. The number of nitrogens with zero attached hydrogens (tertiary/aromatic N) is 1. The van der Waals surface area contributed by atoms with Crippen molar-refractivity contribution in [1.82, 2.24) is 9.55 Å². The Kier molecular flexibility index (Phi) is 7.14. The first-order valence-electron chi connectivity index (χ1n) is 8.11. The molecule has 7 N–H and O–H groups in total. The van der Waals surface area contributed by atoms with Crippen LogP contribution >= 0.6 is 34.8 Å². The van der Waals surface area contributed by atoms with Crippen molar-refractivity contribution >= 4 is 45.7 Å². The predicted molar refractivity (Wildman–Crippen MR) is 102 cm³/mol. The molecule has 0 bridgehead atoms. The first-order valence-corrected chi connectivity index (χ1v) is 13.6. The van der Waals surface area contributed by atoms with Gasteiger partial charge in [-0.1, -0.05) is 0 Å². The fourth-order valence-corrected chi connectivity index (χ4v) is 6.62. The summed E-state index contributed by atoms with van der Waals surface area (Å²) in [7, 11) is -16.8. The van der Waals surface area contributed by atoms with Gasteiger partial charge in [0.25, 0.3) is 5.56 Å². The highest BCUT2D eigenvalue weighted by molar-refractivity contribution is 7.66. The van der Waals surface area contributed by atoms with Gasteiger partial charge in [0.1, 0.15) is 18.3 Å². The Labute approximate surface area is 179 Å². The van der Waals surface area contributed by atoms with E-state index >= 15 is 0 Å². The van der Waals surface area contributed by atoms with Crippen molar-refractivity contribution in [3.63, 3.8) is 0 Å². The molecule has 0 saturated carbocycles. The van der Waals surface area contributed by atoms with Gasteiger partial charge in [-0.2, -0.15) is 8.62 Å². The second-order valence-corrected chi connectivity index (χ2v) is 11.4. The highest BCUT2D eigenvalue weighted by atomic mass is 32.1. The molecule has 0 spiro atoms. The summed E-state index contributed by atoms with van der Waals surface area (Å²) in [5.41, 5.74) is -1.60. The number of aromatic amines is 1. The van der Waals surface area contributed by atoms with E-state index < -0.39 is 65.9 Å². The molecule has 180 valence electrons. The Balaban J connectivity index is 1.76. The molecule has 0 amide bonds. The zero-order chi connectivity index (χ0) is 24.1. The topological polar surface area (TPSA) is 264 Å². The number of nitrogens with one attached hydrogen (secondary N) is 1. The highest BCUT2D eigenvalue weighted by Gasteiger charge is 2.47. The molecule has 6 atom stereocenters. The van der Waals surface area contributed by atoms with Crippen molar-refractivity contribution in [1.29, 1.82) is 0 Å². The van der Waals surface area contributed by atoms with Crippen LogP contribution in [-0.2, 0) is 31.6 Å². The summed E-state index contributed by atoms with van der Waals surface area (Å²) in [6.45, 7) is -1.05. The van der Waals surface area contributed by atoms with E-state index in [4.69, 9.17) is 19.4 Å². The molecule has 3 rings (SSSR count). The monoisotopic (exact) mass is 540 g/mol. The fourth-order valence-electron chi connectivity index (χ4n) is 2.78. The molecule has 2 aromatic heterocycles. The maximum atomic E-state index is 12.3. The molecule has 2 aromatic rings.